The Balaban J connectivity index is 1.41. The molecule has 3 aromatic rings. The number of ether oxygens (including phenoxy) is 2. The monoisotopic (exact) mass is 473 g/mol. The Morgan fingerprint density at radius 3 is 2.86 bits per heavy atom. The van der Waals surface area contributed by atoms with Gasteiger partial charge < -0.3 is 19.7 Å². The molecule has 9 nitrogen and oxygen atoms in total. The highest BCUT2D eigenvalue weighted by Crippen LogP contribution is 2.39. The van der Waals surface area contributed by atoms with Crippen molar-refractivity contribution >= 4 is 29.1 Å². The number of amides is 1. The third kappa shape index (κ3) is 4.84. The highest BCUT2D eigenvalue weighted by molar-refractivity contribution is 5.92. The van der Waals surface area contributed by atoms with Gasteiger partial charge in [0, 0.05) is 24.0 Å². The van der Waals surface area contributed by atoms with Crippen molar-refractivity contribution in [3.63, 3.8) is 0 Å². The molecule has 1 aromatic carbocycles. The predicted molar refractivity (Wildman–Crippen MR) is 133 cm³/mol. The lowest BCUT2D eigenvalue weighted by Gasteiger charge is -2.35. The lowest BCUT2D eigenvalue weighted by molar-refractivity contribution is 0.0566. The van der Waals surface area contributed by atoms with Gasteiger partial charge in [-0.25, -0.2) is 19.7 Å². The largest absolute Gasteiger partial charge is 0.474 e. The first-order chi connectivity index (χ1) is 16.8. The molecule has 9 heteroatoms. The van der Waals surface area contributed by atoms with Gasteiger partial charge in [-0.1, -0.05) is 12.1 Å². The summed E-state index contributed by atoms with van der Waals surface area (Å²) in [6.45, 7) is 9.78. The lowest BCUT2D eigenvalue weighted by atomic mass is 10.0. The summed E-state index contributed by atoms with van der Waals surface area (Å²) in [4.78, 5) is 30.6. The van der Waals surface area contributed by atoms with Crippen molar-refractivity contribution in [3.05, 3.63) is 59.5 Å². The Morgan fingerprint density at radius 2 is 2.09 bits per heavy atom. The molecule has 181 valence electrons. The number of rotatable bonds is 3. The summed E-state index contributed by atoms with van der Waals surface area (Å²) in [7, 11) is 0. The molecule has 2 aromatic heterocycles. The van der Waals surface area contributed by atoms with Crippen LogP contribution >= 0.6 is 0 Å². The number of benzene rings is 1. The Hall–Kier alpha value is -3.88. The van der Waals surface area contributed by atoms with Gasteiger partial charge >= 0.3 is 6.09 Å². The molecule has 2 aliphatic heterocycles. The molecule has 1 radical (unpaired) electrons. The number of hydrogen-bond acceptors (Lipinski definition) is 8. The van der Waals surface area contributed by atoms with Crippen molar-refractivity contribution in [3.8, 4) is 5.88 Å². The molecule has 0 aliphatic carbocycles. The molecule has 0 fully saturated rings. The Labute approximate surface area is 205 Å². The maximum Gasteiger partial charge on any atom is 0.415 e. The highest BCUT2D eigenvalue weighted by atomic mass is 16.6. The number of nitrogens with zero attached hydrogens (tertiary/aromatic N) is 5. The molecule has 1 amide bonds. The van der Waals surface area contributed by atoms with Crippen LogP contribution in [0.4, 0.5) is 27.8 Å². The van der Waals surface area contributed by atoms with Gasteiger partial charge in [0.1, 0.15) is 17.9 Å². The summed E-state index contributed by atoms with van der Waals surface area (Å²) in [5.41, 5.74) is 4.93. The summed E-state index contributed by atoms with van der Waals surface area (Å²) in [6, 6.07) is 10.6. The second-order valence-corrected chi connectivity index (χ2v) is 9.66. The average Bonchev–Trinajstić information content (AvgIpc) is 2.83. The predicted octanol–water partition coefficient (Wildman–Crippen LogP) is 4.42. The molecule has 4 heterocycles. The number of hydrogen-bond donors (Lipinski definition) is 1. The van der Waals surface area contributed by atoms with Crippen LogP contribution in [-0.2, 0) is 17.7 Å². The first-order valence-corrected chi connectivity index (χ1v) is 11.7. The Morgan fingerprint density at radius 1 is 1.23 bits per heavy atom. The van der Waals surface area contributed by atoms with E-state index in [0.29, 0.717) is 37.2 Å². The molecular weight excluding hydrogens is 444 g/mol. The van der Waals surface area contributed by atoms with Gasteiger partial charge in [0.25, 0.3) is 0 Å². The lowest BCUT2D eigenvalue weighted by Crippen LogP contribution is -2.42. The Bertz CT molecular complexity index is 1240. The second-order valence-electron chi connectivity index (χ2n) is 9.66. The molecule has 0 spiro atoms. The van der Waals surface area contributed by atoms with E-state index in [9.17, 15) is 4.79 Å². The van der Waals surface area contributed by atoms with Crippen LogP contribution in [0.2, 0.25) is 0 Å². The number of carbonyl (C=O) groups excluding carboxylic acids is 1. The number of nitrogens with one attached hydrogen (secondary N) is 1. The van der Waals surface area contributed by atoms with Crippen molar-refractivity contribution in [2.75, 3.05) is 34.8 Å². The van der Waals surface area contributed by atoms with Gasteiger partial charge in [-0.3, -0.25) is 4.90 Å². The normalized spacial score (nSPS) is 15.1. The van der Waals surface area contributed by atoms with E-state index in [1.807, 2.05) is 64.4 Å². The van der Waals surface area contributed by atoms with Crippen molar-refractivity contribution < 1.29 is 14.3 Å². The van der Waals surface area contributed by atoms with Gasteiger partial charge in [-0.15, -0.1) is 0 Å². The van der Waals surface area contributed by atoms with Gasteiger partial charge in [0.05, 0.1) is 30.7 Å². The van der Waals surface area contributed by atoms with Crippen LogP contribution in [-0.4, -0.2) is 46.3 Å². The first kappa shape index (κ1) is 22.9. The minimum Gasteiger partial charge on any atom is -0.474 e. The molecule has 0 unspecified atom stereocenters. The zero-order valence-corrected chi connectivity index (χ0v) is 20.5. The number of anilines is 4. The molecule has 0 saturated heterocycles. The van der Waals surface area contributed by atoms with Crippen LogP contribution in [0.25, 0.3) is 0 Å². The average molecular weight is 474 g/mol. The maximum absolute atomic E-state index is 12.9. The van der Waals surface area contributed by atoms with Gasteiger partial charge in [-0.05, 0) is 57.9 Å². The molecule has 0 bridgehead atoms. The summed E-state index contributed by atoms with van der Waals surface area (Å²) >= 11 is 0. The third-order valence-corrected chi connectivity index (χ3v) is 5.93. The van der Waals surface area contributed by atoms with Crippen molar-refractivity contribution in [2.45, 2.75) is 46.3 Å². The topological polar surface area (TPSA) is 92.7 Å². The van der Waals surface area contributed by atoms with Crippen LogP contribution < -0.4 is 19.9 Å². The van der Waals surface area contributed by atoms with Gasteiger partial charge in [-0.2, -0.15) is 0 Å². The van der Waals surface area contributed by atoms with Crippen LogP contribution in [0.5, 0.6) is 5.88 Å². The maximum atomic E-state index is 12.9. The standard InChI is InChI=1S/C26H29N6O3/c1-17-21(15-27-23-22(17)32(12-13-34-23)25(33)35-26(2,3)4)31-11-10-18-14-28-24(30-20(18)16-31)29-19-8-6-5-7-9-19/h5-6,8-9,14-15H,10-13,16H2,1-4H3,(H,28,29,30). The van der Waals surface area contributed by atoms with Crippen molar-refractivity contribution in [2.24, 2.45) is 0 Å². The quantitative estimate of drug-likeness (QED) is 0.598. The van der Waals surface area contributed by atoms with Crippen molar-refractivity contribution in [1.29, 1.82) is 0 Å². The van der Waals surface area contributed by atoms with Crippen LogP contribution in [0.3, 0.4) is 0 Å². The summed E-state index contributed by atoms with van der Waals surface area (Å²) in [5.74, 6) is 1.00. The van der Waals surface area contributed by atoms with E-state index < -0.39 is 11.7 Å². The minimum absolute atomic E-state index is 0.376. The summed E-state index contributed by atoms with van der Waals surface area (Å²) < 4.78 is 11.4. The smallest absolute Gasteiger partial charge is 0.415 e. The van der Waals surface area contributed by atoms with Crippen molar-refractivity contribution in [1.82, 2.24) is 15.0 Å². The SMILES string of the molecule is Cc1c(N2CCc3cnc(Nc4c[c]ccc4)nc3C2)cnc2c1N(C(=O)OC(C)(C)C)CCO2. The molecule has 0 atom stereocenters. The molecule has 2 aliphatic rings. The van der Waals surface area contributed by atoms with Gasteiger partial charge in [0.15, 0.2) is 0 Å². The third-order valence-electron chi connectivity index (χ3n) is 5.93. The highest BCUT2D eigenvalue weighted by Gasteiger charge is 2.32. The van der Waals surface area contributed by atoms with E-state index in [0.717, 1.165) is 41.2 Å². The minimum atomic E-state index is -0.589. The fraction of sp³-hybridized carbons (Fsp3) is 0.385. The van der Waals surface area contributed by atoms with Crippen LogP contribution in [0.15, 0.2) is 36.7 Å². The zero-order chi connectivity index (χ0) is 24.6. The number of carbonyl (C=O) groups is 1. The van der Waals surface area contributed by atoms with E-state index in [-0.39, 0.29) is 0 Å². The van der Waals surface area contributed by atoms with Crippen LogP contribution in [0.1, 0.15) is 37.6 Å². The first-order valence-electron chi connectivity index (χ1n) is 11.7. The fourth-order valence-corrected chi connectivity index (χ4v) is 4.32. The number of aromatic nitrogens is 3. The summed E-state index contributed by atoms with van der Waals surface area (Å²) in [6.07, 6.45) is 4.13. The van der Waals surface area contributed by atoms with E-state index >= 15 is 0 Å². The summed E-state index contributed by atoms with van der Waals surface area (Å²) in [5, 5.41) is 3.24. The second kappa shape index (κ2) is 9.05. The van der Waals surface area contributed by atoms with Crippen LogP contribution in [0, 0.1) is 13.0 Å². The molecule has 5 rings (SSSR count). The molecular formula is C26H29N6O3. The van der Waals surface area contributed by atoms with E-state index in [1.165, 1.54) is 0 Å². The Kier molecular flexibility index (Phi) is 5.92. The number of fused-ring (bicyclic) bond motifs is 2. The molecule has 0 saturated carbocycles. The van der Waals surface area contributed by atoms with E-state index in [1.54, 1.807) is 4.90 Å². The molecule has 35 heavy (non-hydrogen) atoms. The zero-order valence-electron chi connectivity index (χ0n) is 20.5. The van der Waals surface area contributed by atoms with Gasteiger partial charge in [0.2, 0.25) is 11.8 Å². The fourth-order valence-electron chi connectivity index (χ4n) is 4.32. The van der Waals surface area contributed by atoms with E-state index in [4.69, 9.17) is 14.5 Å². The number of pyridine rings is 1. The molecule has 1 N–H and O–H groups in total. The van der Waals surface area contributed by atoms with E-state index in [2.05, 4.69) is 26.3 Å².